The molecule has 0 saturated carbocycles. The van der Waals surface area contributed by atoms with Crippen LogP contribution in [0.4, 0.5) is 5.69 Å². The van der Waals surface area contributed by atoms with E-state index >= 15 is 0 Å². The number of aryl methyl sites for hydroxylation is 1. The molecule has 5 nitrogen and oxygen atoms in total. The highest BCUT2D eigenvalue weighted by Crippen LogP contribution is 2.30. The van der Waals surface area contributed by atoms with Gasteiger partial charge in [0.2, 0.25) is 11.8 Å². The lowest BCUT2D eigenvalue weighted by molar-refractivity contribution is -0.136. The summed E-state index contributed by atoms with van der Waals surface area (Å²) in [7, 11) is 1.77. The van der Waals surface area contributed by atoms with E-state index in [0.29, 0.717) is 6.54 Å². The lowest BCUT2D eigenvalue weighted by Crippen LogP contribution is -2.36. The molecule has 3 rings (SSSR count). The van der Waals surface area contributed by atoms with Gasteiger partial charge in [0.05, 0.1) is 18.2 Å². The fourth-order valence-electron chi connectivity index (χ4n) is 3.38. The maximum Gasteiger partial charge on any atom is 0.228 e. The van der Waals surface area contributed by atoms with Gasteiger partial charge >= 0.3 is 0 Å². The van der Waals surface area contributed by atoms with E-state index in [0.717, 1.165) is 23.4 Å². The third-order valence-corrected chi connectivity index (χ3v) is 5.02. The zero-order valence-corrected chi connectivity index (χ0v) is 14.9. The zero-order chi connectivity index (χ0) is 18.0. The number of hydrogen-bond donors (Lipinski definition) is 0. The molecule has 1 aliphatic rings. The van der Waals surface area contributed by atoms with Crippen LogP contribution in [0.25, 0.3) is 0 Å². The second-order valence-corrected chi connectivity index (χ2v) is 6.53. The molecular weight excluding hydrogens is 316 g/mol. The van der Waals surface area contributed by atoms with Crippen LogP contribution in [0, 0.1) is 5.92 Å². The van der Waals surface area contributed by atoms with Crippen molar-refractivity contribution < 1.29 is 14.0 Å². The second kappa shape index (κ2) is 7.13. The molecule has 5 heteroatoms. The minimum absolute atomic E-state index is 0.0123. The van der Waals surface area contributed by atoms with Crippen molar-refractivity contribution in [3.63, 3.8) is 0 Å². The summed E-state index contributed by atoms with van der Waals surface area (Å²) in [6.45, 7) is 4.43. The van der Waals surface area contributed by atoms with E-state index < -0.39 is 0 Å². The molecule has 0 bridgehead atoms. The number of furan rings is 1. The van der Waals surface area contributed by atoms with E-state index in [4.69, 9.17) is 4.42 Å². The average Bonchev–Trinajstić information content (AvgIpc) is 3.29. The molecule has 2 unspecified atom stereocenters. The maximum atomic E-state index is 12.9. The molecule has 0 N–H and O–H groups in total. The number of benzene rings is 1. The first-order valence-electron chi connectivity index (χ1n) is 8.71. The first kappa shape index (κ1) is 17.3. The topological polar surface area (TPSA) is 53.8 Å². The second-order valence-electron chi connectivity index (χ2n) is 6.53. The van der Waals surface area contributed by atoms with E-state index in [1.807, 2.05) is 43.3 Å². The smallest absolute Gasteiger partial charge is 0.228 e. The molecule has 0 radical (unpaired) electrons. The first-order chi connectivity index (χ1) is 12.0. The van der Waals surface area contributed by atoms with Crippen molar-refractivity contribution in [1.29, 1.82) is 0 Å². The average molecular weight is 340 g/mol. The van der Waals surface area contributed by atoms with Gasteiger partial charge in [0.15, 0.2) is 0 Å². The van der Waals surface area contributed by atoms with Crippen LogP contribution in [0.5, 0.6) is 0 Å². The van der Waals surface area contributed by atoms with Gasteiger partial charge in [-0.2, -0.15) is 0 Å². The molecule has 1 saturated heterocycles. The third kappa shape index (κ3) is 3.31. The lowest BCUT2D eigenvalue weighted by atomic mass is 10.1. The Morgan fingerprint density at radius 3 is 2.76 bits per heavy atom. The molecule has 2 aromatic rings. The summed E-state index contributed by atoms with van der Waals surface area (Å²) in [5.41, 5.74) is 2.05. The van der Waals surface area contributed by atoms with Crippen LogP contribution in [0.2, 0.25) is 0 Å². The van der Waals surface area contributed by atoms with Crippen molar-refractivity contribution in [2.75, 3.05) is 18.5 Å². The van der Waals surface area contributed by atoms with Gasteiger partial charge in [0.25, 0.3) is 0 Å². The predicted octanol–water partition coefficient (Wildman–Crippen LogP) is 3.41. The van der Waals surface area contributed by atoms with Gasteiger partial charge in [-0.25, -0.2) is 0 Å². The highest BCUT2D eigenvalue weighted by molar-refractivity contribution is 6.00. The lowest BCUT2D eigenvalue weighted by Gasteiger charge is -2.26. The summed E-state index contributed by atoms with van der Waals surface area (Å²) in [5.74, 6) is 0.417. The molecule has 2 amide bonds. The number of anilines is 1. The number of amides is 2. The summed E-state index contributed by atoms with van der Waals surface area (Å²) in [4.78, 5) is 28.8. The van der Waals surface area contributed by atoms with Crippen LogP contribution in [0.1, 0.15) is 37.6 Å². The van der Waals surface area contributed by atoms with E-state index in [1.54, 1.807) is 23.1 Å². The van der Waals surface area contributed by atoms with Crippen molar-refractivity contribution in [2.24, 2.45) is 5.92 Å². The molecule has 1 aromatic heterocycles. The molecule has 25 heavy (non-hydrogen) atoms. The number of carbonyl (C=O) groups is 2. The van der Waals surface area contributed by atoms with Gasteiger partial charge in [0, 0.05) is 25.7 Å². The molecule has 2 heterocycles. The Bertz CT molecular complexity index is 754. The van der Waals surface area contributed by atoms with Crippen molar-refractivity contribution in [2.45, 2.75) is 32.7 Å². The molecule has 1 fully saturated rings. The van der Waals surface area contributed by atoms with Gasteiger partial charge in [-0.15, -0.1) is 0 Å². The van der Waals surface area contributed by atoms with Crippen molar-refractivity contribution in [3.8, 4) is 0 Å². The standard InChI is InChI=1S/C20H24N2O3/c1-4-15-8-5-6-9-17(15)22-13-16(12-19(22)23)20(24)21(3)14(2)18-10-7-11-25-18/h5-11,14,16H,4,12-13H2,1-3H3. The Labute approximate surface area is 148 Å². The van der Waals surface area contributed by atoms with Crippen LogP contribution in [0.15, 0.2) is 47.1 Å². The monoisotopic (exact) mass is 340 g/mol. The SMILES string of the molecule is CCc1ccccc1N1CC(C(=O)N(C)C(C)c2ccco2)CC1=O. The zero-order valence-electron chi connectivity index (χ0n) is 14.9. The largest absolute Gasteiger partial charge is 0.467 e. The summed E-state index contributed by atoms with van der Waals surface area (Å²) in [5, 5.41) is 0. The van der Waals surface area contributed by atoms with Gasteiger partial charge in [-0.1, -0.05) is 25.1 Å². The van der Waals surface area contributed by atoms with Crippen LogP contribution < -0.4 is 4.90 Å². The quantitative estimate of drug-likeness (QED) is 0.838. The Kier molecular flexibility index (Phi) is 4.93. The Hall–Kier alpha value is -2.56. The van der Waals surface area contributed by atoms with Gasteiger partial charge in [-0.3, -0.25) is 9.59 Å². The van der Waals surface area contributed by atoms with Crippen molar-refractivity contribution >= 4 is 17.5 Å². The fraction of sp³-hybridized carbons (Fsp3) is 0.400. The van der Waals surface area contributed by atoms with Gasteiger partial charge < -0.3 is 14.2 Å². The van der Waals surface area contributed by atoms with E-state index in [1.165, 1.54) is 0 Å². The van der Waals surface area contributed by atoms with E-state index in [-0.39, 0.29) is 30.2 Å². The first-order valence-corrected chi connectivity index (χ1v) is 8.71. The summed E-state index contributed by atoms with van der Waals surface area (Å²) >= 11 is 0. The van der Waals surface area contributed by atoms with E-state index in [9.17, 15) is 9.59 Å². The molecule has 0 aliphatic carbocycles. The molecule has 1 aliphatic heterocycles. The fourth-order valence-corrected chi connectivity index (χ4v) is 3.38. The van der Waals surface area contributed by atoms with Crippen LogP contribution in [-0.2, 0) is 16.0 Å². The van der Waals surface area contributed by atoms with Gasteiger partial charge in [0.1, 0.15) is 5.76 Å². The number of para-hydroxylation sites is 1. The normalized spacial score (nSPS) is 18.4. The highest BCUT2D eigenvalue weighted by Gasteiger charge is 2.38. The molecule has 0 spiro atoms. The number of carbonyl (C=O) groups excluding carboxylic acids is 2. The highest BCUT2D eigenvalue weighted by atomic mass is 16.3. The van der Waals surface area contributed by atoms with Crippen LogP contribution in [0.3, 0.4) is 0 Å². The Morgan fingerprint density at radius 1 is 1.32 bits per heavy atom. The Morgan fingerprint density at radius 2 is 2.08 bits per heavy atom. The predicted molar refractivity (Wildman–Crippen MR) is 96.2 cm³/mol. The summed E-state index contributed by atoms with van der Waals surface area (Å²) < 4.78 is 5.40. The molecule has 132 valence electrons. The molecule has 2 atom stereocenters. The minimum atomic E-state index is -0.320. The van der Waals surface area contributed by atoms with Crippen molar-refractivity contribution in [1.82, 2.24) is 4.90 Å². The maximum absolute atomic E-state index is 12.9. The van der Waals surface area contributed by atoms with Gasteiger partial charge in [-0.05, 0) is 37.1 Å². The number of nitrogens with zero attached hydrogens (tertiary/aromatic N) is 2. The van der Waals surface area contributed by atoms with Crippen molar-refractivity contribution in [3.05, 3.63) is 54.0 Å². The molecular formula is C20H24N2O3. The number of rotatable bonds is 5. The summed E-state index contributed by atoms with van der Waals surface area (Å²) in [6, 6.07) is 11.4. The molecule has 1 aromatic carbocycles. The summed E-state index contributed by atoms with van der Waals surface area (Å²) in [6.07, 6.45) is 2.72. The minimum Gasteiger partial charge on any atom is -0.467 e. The van der Waals surface area contributed by atoms with E-state index in [2.05, 4.69) is 6.92 Å². The van der Waals surface area contributed by atoms with Crippen LogP contribution >= 0.6 is 0 Å². The number of hydrogen-bond acceptors (Lipinski definition) is 3. The Balaban J connectivity index is 1.74. The van der Waals surface area contributed by atoms with Crippen LogP contribution in [-0.4, -0.2) is 30.3 Å². The third-order valence-electron chi connectivity index (χ3n) is 5.02.